The van der Waals surface area contributed by atoms with Gasteiger partial charge in [-0.15, -0.1) is 0 Å². The van der Waals surface area contributed by atoms with Gasteiger partial charge < -0.3 is 19.5 Å². The van der Waals surface area contributed by atoms with E-state index < -0.39 is 6.10 Å². The van der Waals surface area contributed by atoms with Crippen molar-refractivity contribution < 1.29 is 18.8 Å². The molecule has 1 aromatic carbocycles. The van der Waals surface area contributed by atoms with E-state index in [-0.39, 0.29) is 17.7 Å². The van der Waals surface area contributed by atoms with Crippen molar-refractivity contribution in [2.75, 3.05) is 25.5 Å². The number of benzene rings is 1. The largest absolute Gasteiger partial charge is 0.372 e. The van der Waals surface area contributed by atoms with Crippen LogP contribution in [0, 0.1) is 13.8 Å². The molecule has 0 aliphatic carbocycles. The predicted octanol–water partition coefficient (Wildman–Crippen LogP) is 2.68. The van der Waals surface area contributed by atoms with Crippen molar-refractivity contribution in [2.24, 2.45) is 0 Å². The molecule has 1 N–H and O–H groups in total. The SMILES string of the molecule is COC(C)C(=O)Nc1cc(C(=O)N2CCC(c3noc(C)n3)CC2)ccc1C. The maximum atomic E-state index is 12.9. The molecule has 3 rings (SSSR count). The Kier molecular flexibility index (Phi) is 6.08. The summed E-state index contributed by atoms with van der Waals surface area (Å²) in [6.07, 6.45) is 1.03. The van der Waals surface area contributed by atoms with Crippen molar-refractivity contribution in [3.8, 4) is 0 Å². The number of likely N-dealkylation sites (tertiary alicyclic amines) is 1. The van der Waals surface area contributed by atoms with Gasteiger partial charge in [-0.1, -0.05) is 11.2 Å². The zero-order valence-electron chi connectivity index (χ0n) is 16.7. The molecule has 0 bridgehead atoms. The first-order valence-corrected chi connectivity index (χ1v) is 9.43. The fraction of sp³-hybridized carbons (Fsp3) is 0.500. The number of aromatic nitrogens is 2. The number of piperidine rings is 1. The van der Waals surface area contributed by atoms with Crippen LogP contribution >= 0.6 is 0 Å². The molecule has 150 valence electrons. The van der Waals surface area contributed by atoms with E-state index in [0.29, 0.717) is 30.2 Å². The summed E-state index contributed by atoms with van der Waals surface area (Å²) < 4.78 is 10.1. The Balaban J connectivity index is 1.66. The lowest BCUT2D eigenvalue weighted by Crippen LogP contribution is -2.38. The van der Waals surface area contributed by atoms with Crippen LogP contribution in [-0.2, 0) is 9.53 Å². The Morgan fingerprint density at radius 2 is 2.00 bits per heavy atom. The van der Waals surface area contributed by atoms with E-state index in [1.807, 2.05) is 17.9 Å². The second kappa shape index (κ2) is 8.52. The normalized spacial score (nSPS) is 16.1. The summed E-state index contributed by atoms with van der Waals surface area (Å²) in [6, 6.07) is 5.36. The van der Waals surface area contributed by atoms with Gasteiger partial charge >= 0.3 is 0 Å². The molecule has 2 amide bonds. The van der Waals surface area contributed by atoms with Crippen molar-refractivity contribution in [1.29, 1.82) is 0 Å². The van der Waals surface area contributed by atoms with Crippen LogP contribution < -0.4 is 5.32 Å². The predicted molar refractivity (Wildman–Crippen MR) is 103 cm³/mol. The van der Waals surface area contributed by atoms with E-state index in [2.05, 4.69) is 15.5 Å². The molecule has 28 heavy (non-hydrogen) atoms. The van der Waals surface area contributed by atoms with Gasteiger partial charge in [0.1, 0.15) is 6.10 Å². The minimum atomic E-state index is -0.563. The number of ether oxygens (including phenoxy) is 1. The highest BCUT2D eigenvalue weighted by molar-refractivity contribution is 5.98. The van der Waals surface area contributed by atoms with E-state index >= 15 is 0 Å². The van der Waals surface area contributed by atoms with Gasteiger partial charge in [0.25, 0.3) is 11.8 Å². The number of carbonyl (C=O) groups excluding carboxylic acids is 2. The van der Waals surface area contributed by atoms with Crippen molar-refractivity contribution in [3.63, 3.8) is 0 Å². The Bertz CT molecular complexity index is 856. The maximum absolute atomic E-state index is 12.9. The van der Waals surface area contributed by atoms with Gasteiger partial charge in [-0.3, -0.25) is 9.59 Å². The summed E-state index contributed by atoms with van der Waals surface area (Å²) in [7, 11) is 1.48. The van der Waals surface area contributed by atoms with Gasteiger partial charge in [0, 0.05) is 44.3 Å². The first kappa shape index (κ1) is 20.0. The van der Waals surface area contributed by atoms with Crippen molar-refractivity contribution in [2.45, 2.75) is 45.6 Å². The molecule has 1 aromatic heterocycles. The summed E-state index contributed by atoms with van der Waals surface area (Å²) in [5.74, 6) is 1.21. The molecule has 2 heterocycles. The number of aryl methyl sites for hydroxylation is 2. The molecule has 8 nitrogen and oxygen atoms in total. The third-order valence-electron chi connectivity index (χ3n) is 5.16. The number of rotatable bonds is 5. The van der Waals surface area contributed by atoms with Gasteiger partial charge in [-0.05, 0) is 44.4 Å². The average Bonchev–Trinajstić information content (AvgIpc) is 3.14. The van der Waals surface area contributed by atoms with Crippen LogP contribution in [0.5, 0.6) is 0 Å². The summed E-state index contributed by atoms with van der Waals surface area (Å²) in [5.41, 5.74) is 2.07. The second-order valence-electron chi connectivity index (χ2n) is 7.13. The average molecular weight is 386 g/mol. The minimum Gasteiger partial charge on any atom is -0.372 e. The summed E-state index contributed by atoms with van der Waals surface area (Å²) >= 11 is 0. The minimum absolute atomic E-state index is 0.0435. The van der Waals surface area contributed by atoms with Gasteiger partial charge in [0.05, 0.1) is 0 Å². The molecule has 1 unspecified atom stereocenters. The van der Waals surface area contributed by atoms with Crippen LogP contribution in [0.1, 0.15) is 53.3 Å². The first-order valence-electron chi connectivity index (χ1n) is 9.43. The van der Waals surface area contributed by atoms with Gasteiger partial charge in [0.2, 0.25) is 5.89 Å². The molecule has 1 aliphatic rings. The van der Waals surface area contributed by atoms with Crippen molar-refractivity contribution in [3.05, 3.63) is 41.0 Å². The zero-order valence-corrected chi connectivity index (χ0v) is 16.7. The Labute approximate surface area is 164 Å². The lowest BCUT2D eigenvalue weighted by atomic mass is 9.95. The Morgan fingerprint density at radius 3 is 2.61 bits per heavy atom. The van der Waals surface area contributed by atoms with E-state index in [4.69, 9.17) is 9.26 Å². The van der Waals surface area contributed by atoms with E-state index in [1.165, 1.54) is 7.11 Å². The molecule has 1 aliphatic heterocycles. The van der Waals surface area contributed by atoms with Gasteiger partial charge in [-0.25, -0.2) is 0 Å². The number of nitrogens with zero attached hydrogens (tertiary/aromatic N) is 3. The third-order valence-corrected chi connectivity index (χ3v) is 5.16. The van der Waals surface area contributed by atoms with Crippen LogP contribution in [0.3, 0.4) is 0 Å². The van der Waals surface area contributed by atoms with Crippen LogP contribution in [0.4, 0.5) is 5.69 Å². The van der Waals surface area contributed by atoms with Gasteiger partial charge in [0.15, 0.2) is 5.82 Å². The number of hydrogen-bond donors (Lipinski definition) is 1. The topological polar surface area (TPSA) is 97.6 Å². The zero-order chi connectivity index (χ0) is 20.3. The monoisotopic (exact) mass is 386 g/mol. The molecule has 0 saturated carbocycles. The molecular weight excluding hydrogens is 360 g/mol. The number of methoxy groups -OCH3 is 1. The molecular formula is C20H26N4O4. The fourth-order valence-corrected chi connectivity index (χ4v) is 3.24. The Morgan fingerprint density at radius 1 is 1.29 bits per heavy atom. The molecule has 1 saturated heterocycles. The van der Waals surface area contributed by atoms with Crippen LogP contribution in [-0.4, -0.2) is 53.2 Å². The van der Waals surface area contributed by atoms with Crippen LogP contribution in [0.15, 0.2) is 22.7 Å². The van der Waals surface area contributed by atoms with Gasteiger partial charge in [-0.2, -0.15) is 4.98 Å². The van der Waals surface area contributed by atoms with Crippen molar-refractivity contribution >= 4 is 17.5 Å². The summed E-state index contributed by atoms with van der Waals surface area (Å²) in [6.45, 7) is 6.60. The van der Waals surface area contributed by atoms with Crippen LogP contribution in [0.25, 0.3) is 0 Å². The van der Waals surface area contributed by atoms with Crippen molar-refractivity contribution in [1.82, 2.24) is 15.0 Å². The maximum Gasteiger partial charge on any atom is 0.253 e. The highest BCUT2D eigenvalue weighted by atomic mass is 16.5. The van der Waals surface area contributed by atoms with E-state index in [9.17, 15) is 9.59 Å². The molecule has 1 fully saturated rings. The highest BCUT2D eigenvalue weighted by Gasteiger charge is 2.27. The quantitative estimate of drug-likeness (QED) is 0.848. The number of nitrogens with one attached hydrogen (secondary N) is 1. The molecule has 2 aromatic rings. The van der Waals surface area contributed by atoms with E-state index in [0.717, 1.165) is 24.2 Å². The number of carbonyl (C=O) groups is 2. The molecule has 0 spiro atoms. The molecule has 1 atom stereocenters. The second-order valence-corrected chi connectivity index (χ2v) is 7.13. The Hall–Kier alpha value is -2.74. The number of amides is 2. The number of hydrogen-bond acceptors (Lipinski definition) is 6. The summed E-state index contributed by atoms with van der Waals surface area (Å²) in [5, 5.41) is 6.83. The van der Waals surface area contributed by atoms with Crippen LogP contribution in [0.2, 0.25) is 0 Å². The molecule has 0 radical (unpaired) electrons. The lowest BCUT2D eigenvalue weighted by molar-refractivity contribution is -0.124. The lowest BCUT2D eigenvalue weighted by Gasteiger charge is -2.30. The standard InChI is InChI=1S/C20H26N4O4/c1-12-5-6-16(11-17(12)22-19(25)13(2)27-4)20(26)24-9-7-15(8-10-24)18-21-14(3)28-23-18/h5-6,11,13,15H,7-10H2,1-4H3,(H,22,25). The number of anilines is 1. The molecule has 8 heteroatoms. The highest BCUT2D eigenvalue weighted by Crippen LogP contribution is 2.27. The third kappa shape index (κ3) is 4.39. The fourth-order valence-electron chi connectivity index (χ4n) is 3.24. The smallest absolute Gasteiger partial charge is 0.253 e. The summed E-state index contributed by atoms with van der Waals surface area (Å²) in [4.78, 5) is 31.2. The first-order chi connectivity index (χ1) is 13.4. The van der Waals surface area contributed by atoms with E-state index in [1.54, 1.807) is 26.0 Å².